The van der Waals surface area contributed by atoms with Crippen molar-refractivity contribution in [3.8, 4) is 0 Å². The second-order valence-electron chi connectivity index (χ2n) is 8.61. The summed E-state index contributed by atoms with van der Waals surface area (Å²) in [6.07, 6.45) is 2.49. The molecule has 0 saturated carbocycles. The van der Waals surface area contributed by atoms with Crippen LogP contribution in [0.2, 0.25) is 0 Å². The second-order valence-corrected chi connectivity index (χ2v) is 8.61. The van der Waals surface area contributed by atoms with Gasteiger partial charge in [-0.2, -0.15) is 0 Å². The molecule has 0 bridgehead atoms. The van der Waals surface area contributed by atoms with E-state index >= 15 is 0 Å². The van der Waals surface area contributed by atoms with Gasteiger partial charge in [0.2, 0.25) is 5.91 Å². The molecular weight excluding hydrogens is 442 g/mol. The van der Waals surface area contributed by atoms with Gasteiger partial charge >= 0.3 is 6.03 Å². The topological polar surface area (TPSA) is 109 Å². The minimum Gasteiger partial charge on any atom is -0.384 e. The molecule has 3 atom stereocenters. The minimum absolute atomic E-state index is 0.279. The highest BCUT2D eigenvalue weighted by Gasteiger charge is 2.55. The number of likely N-dealkylation sites (tertiary alicyclic amines) is 1. The van der Waals surface area contributed by atoms with Crippen LogP contribution in [0.15, 0.2) is 79.0 Å². The maximum absolute atomic E-state index is 13.6. The number of imide groups is 1. The fourth-order valence-corrected chi connectivity index (χ4v) is 4.43. The van der Waals surface area contributed by atoms with Gasteiger partial charge in [0, 0.05) is 18.9 Å². The van der Waals surface area contributed by atoms with Crippen molar-refractivity contribution in [3.63, 3.8) is 0 Å². The van der Waals surface area contributed by atoms with Crippen LogP contribution in [0, 0.1) is 5.92 Å². The molecule has 4 rings (SSSR count). The van der Waals surface area contributed by atoms with E-state index in [-0.39, 0.29) is 24.3 Å². The van der Waals surface area contributed by atoms with Crippen LogP contribution in [0.3, 0.4) is 0 Å². The summed E-state index contributed by atoms with van der Waals surface area (Å²) in [5, 5.41) is 2.94. The zero-order chi connectivity index (χ0) is 24.9. The highest BCUT2D eigenvalue weighted by Crippen LogP contribution is 2.33. The Balaban J connectivity index is 1.59. The molecule has 1 fully saturated rings. The SMILES string of the molecule is CCC(NC(=O)N1C(=O)[C@H](Cc2ccnc(N)c2)[C@H]1C(=O)N(C)c1ccccc1)c1ccccc1. The molecule has 3 N–H and O–H groups in total. The summed E-state index contributed by atoms with van der Waals surface area (Å²) in [6, 6.07) is 20.4. The number of pyridine rings is 1. The van der Waals surface area contributed by atoms with E-state index in [1.54, 1.807) is 25.4 Å². The number of anilines is 2. The number of likely N-dealkylation sites (N-methyl/N-ethyl adjacent to an activating group) is 1. The molecule has 3 aromatic rings. The zero-order valence-electron chi connectivity index (χ0n) is 19.8. The summed E-state index contributed by atoms with van der Waals surface area (Å²) in [5.74, 6) is -1.06. The van der Waals surface area contributed by atoms with Crippen molar-refractivity contribution in [3.05, 3.63) is 90.1 Å². The molecule has 35 heavy (non-hydrogen) atoms. The van der Waals surface area contributed by atoms with Crippen LogP contribution in [0.5, 0.6) is 0 Å². The first-order valence-electron chi connectivity index (χ1n) is 11.6. The number of nitrogens with one attached hydrogen (secondary N) is 1. The number of urea groups is 1. The Morgan fingerprint density at radius 1 is 1.09 bits per heavy atom. The molecule has 8 nitrogen and oxygen atoms in total. The van der Waals surface area contributed by atoms with Crippen molar-refractivity contribution < 1.29 is 14.4 Å². The van der Waals surface area contributed by atoms with Crippen molar-refractivity contribution in [1.29, 1.82) is 0 Å². The van der Waals surface area contributed by atoms with Gasteiger partial charge < -0.3 is 16.0 Å². The first-order chi connectivity index (χ1) is 16.9. The predicted octanol–water partition coefficient (Wildman–Crippen LogP) is 3.56. The Morgan fingerprint density at radius 2 is 1.74 bits per heavy atom. The highest BCUT2D eigenvalue weighted by atomic mass is 16.2. The van der Waals surface area contributed by atoms with E-state index in [0.29, 0.717) is 17.9 Å². The van der Waals surface area contributed by atoms with Crippen LogP contribution in [-0.4, -0.2) is 40.8 Å². The smallest absolute Gasteiger partial charge is 0.325 e. The number of hydrogen-bond donors (Lipinski definition) is 2. The molecule has 2 heterocycles. The van der Waals surface area contributed by atoms with Gasteiger partial charge in [-0.15, -0.1) is 0 Å². The van der Waals surface area contributed by atoms with Crippen LogP contribution in [0.4, 0.5) is 16.3 Å². The Hall–Kier alpha value is -4.20. The summed E-state index contributed by atoms with van der Waals surface area (Å²) >= 11 is 0. The number of nitrogen functional groups attached to an aromatic ring is 1. The van der Waals surface area contributed by atoms with Gasteiger partial charge in [0.05, 0.1) is 12.0 Å². The van der Waals surface area contributed by atoms with E-state index in [1.165, 1.54) is 4.90 Å². The number of amides is 4. The molecule has 0 radical (unpaired) electrons. The molecule has 180 valence electrons. The fourth-order valence-electron chi connectivity index (χ4n) is 4.43. The highest BCUT2D eigenvalue weighted by molar-refractivity contribution is 6.12. The number of benzene rings is 2. The Morgan fingerprint density at radius 3 is 2.37 bits per heavy atom. The van der Waals surface area contributed by atoms with Crippen molar-refractivity contribution in [1.82, 2.24) is 15.2 Å². The van der Waals surface area contributed by atoms with Crippen LogP contribution >= 0.6 is 0 Å². The third kappa shape index (κ3) is 5.01. The lowest BCUT2D eigenvalue weighted by atomic mass is 9.81. The number of nitrogens with zero attached hydrogens (tertiary/aromatic N) is 3. The standard InChI is InChI=1S/C27H29N5O3/c1-3-22(19-10-6-4-7-11-19)30-27(35)32-24(26(34)31(2)20-12-8-5-9-13-20)21(25(32)33)16-18-14-15-29-23(28)17-18/h4-15,17,21-22,24H,3,16H2,1-2H3,(H2,28,29)(H,30,35)/t21-,22?,24+/m1/s1. The van der Waals surface area contributed by atoms with E-state index in [0.717, 1.165) is 16.0 Å². The predicted molar refractivity (Wildman–Crippen MR) is 134 cm³/mol. The fraction of sp³-hybridized carbons (Fsp3) is 0.259. The van der Waals surface area contributed by atoms with Crippen molar-refractivity contribution in [2.24, 2.45) is 5.92 Å². The molecule has 4 amide bonds. The number of carbonyl (C=O) groups excluding carboxylic acids is 3. The van der Waals surface area contributed by atoms with Gasteiger partial charge in [-0.25, -0.2) is 9.78 Å². The average molecular weight is 472 g/mol. The average Bonchev–Trinajstić information content (AvgIpc) is 2.89. The third-order valence-corrected chi connectivity index (χ3v) is 6.37. The maximum Gasteiger partial charge on any atom is 0.325 e. The second kappa shape index (κ2) is 10.4. The largest absolute Gasteiger partial charge is 0.384 e. The van der Waals surface area contributed by atoms with Crippen LogP contribution in [-0.2, 0) is 16.0 Å². The first-order valence-corrected chi connectivity index (χ1v) is 11.6. The number of para-hydroxylation sites is 1. The summed E-state index contributed by atoms with van der Waals surface area (Å²) in [4.78, 5) is 46.6. The number of β-lactam (4-membered cyclic amide) rings is 1. The number of hydrogen-bond acceptors (Lipinski definition) is 5. The number of aromatic nitrogens is 1. The van der Waals surface area contributed by atoms with Crippen molar-refractivity contribution >= 4 is 29.4 Å². The molecule has 0 aliphatic carbocycles. The molecule has 1 saturated heterocycles. The van der Waals surface area contributed by atoms with Gasteiger partial charge in [-0.3, -0.25) is 14.5 Å². The van der Waals surface area contributed by atoms with E-state index in [9.17, 15) is 14.4 Å². The molecule has 1 aliphatic rings. The quantitative estimate of drug-likeness (QED) is 0.512. The van der Waals surface area contributed by atoms with Crippen molar-refractivity contribution in [2.75, 3.05) is 17.7 Å². The molecule has 1 aromatic heterocycles. The summed E-state index contributed by atoms with van der Waals surface area (Å²) in [7, 11) is 1.65. The van der Waals surface area contributed by atoms with Crippen LogP contribution < -0.4 is 16.0 Å². The Kier molecular flexibility index (Phi) is 7.10. The van der Waals surface area contributed by atoms with Gasteiger partial charge in [-0.1, -0.05) is 55.5 Å². The van der Waals surface area contributed by atoms with Crippen molar-refractivity contribution in [2.45, 2.75) is 31.8 Å². The van der Waals surface area contributed by atoms with Gasteiger partial charge in [0.25, 0.3) is 5.91 Å². The molecule has 0 spiro atoms. The summed E-state index contributed by atoms with van der Waals surface area (Å²) < 4.78 is 0. The third-order valence-electron chi connectivity index (χ3n) is 6.37. The molecule has 1 unspecified atom stereocenters. The van der Waals surface area contributed by atoms with Crippen LogP contribution in [0.25, 0.3) is 0 Å². The monoisotopic (exact) mass is 471 g/mol. The normalized spacial score (nSPS) is 17.9. The van der Waals surface area contributed by atoms with Gasteiger partial charge in [0.15, 0.2) is 0 Å². The maximum atomic E-state index is 13.6. The van der Waals surface area contributed by atoms with E-state index < -0.39 is 18.0 Å². The summed E-state index contributed by atoms with van der Waals surface area (Å²) in [6.45, 7) is 1.96. The minimum atomic E-state index is -0.935. The molecule has 8 heteroatoms. The number of nitrogens with two attached hydrogens (primary N) is 1. The Bertz CT molecular complexity index is 1200. The van der Waals surface area contributed by atoms with Crippen LogP contribution in [0.1, 0.15) is 30.5 Å². The van der Waals surface area contributed by atoms with Gasteiger partial charge in [0.1, 0.15) is 11.9 Å². The number of carbonyl (C=O) groups is 3. The number of rotatable bonds is 7. The lowest BCUT2D eigenvalue weighted by molar-refractivity contribution is -0.156. The first kappa shape index (κ1) is 23.9. The molecule has 1 aliphatic heterocycles. The van der Waals surface area contributed by atoms with E-state index in [4.69, 9.17) is 5.73 Å². The Labute approximate surface area is 204 Å². The lowest BCUT2D eigenvalue weighted by Crippen LogP contribution is -2.70. The van der Waals surface area contributed by atoms with E-state index in [2.05, 4.69) is 10.3 Å². The lowest BCUT2D eigenvalue weighted by Gasteiger charge is -2.46. The zero-order valence-corrected chi connectivity index (χ0v) is 19.8. The van der Waals surface area contributed by atoms with Gasteiger partial charge in [-0.05, 0) is 48.2 Å². The molecular formula is C27H29N5O3. The van der Waals surface area contributed by atoms with E-state index in [1.807, 2.05) is 67.6 Å². The summed E-state index contributed by atoms with van der Waals surface area (Å²) in [5.41, 5.74) is 8.20. The molecule has 2 aromatic carbocycles.